The van der Waals surface area contributed by atoms with Crippen LogP contribution < -0.4 is 4.84 Å². The van der Waals surface area contributed by atoms with Crippen molar-refractivity contribution in [1.29, 1.82) is 0 Å². The van der Waals surface area contributed by atoms with Gasteiger partial charge in [0.1, 0.15) is 0 Å². The standard InChI is InChI=1S/C21H19NO/c1-2-21(19-11-7-4-8-12-19)22-23-20-15-13-18(14-16-20)17-9-5-3-6-10-17/h3-16H,2H2,1H3/b22-21-. The van der Waals surface area contributed by atoms with E-state index in [1.165, 1.54) is 11.1 Å². The van der Waals surface area contributed by atoms with Gasteiger partial charge in [0.25, 0.3) is 0 Å². The Balaban J connectivity index is 1.74. The summed E-state index contributed by atoms with van der Waals surface area (Å²) in [7, 11) is 0. The lowest BCUT2D eigenvalue weighted by molar-refractivity contribution is 0.340. The zero-order valence-corrected chi connectivity index (χ0v) is 13.1. The molecule has 0 radical (unpaired) electrons. The van der Waals surface area contributed by atoms with Crippen LogP contribution in [0.15, 0.2) is 90.1 Å². The topological polar surface area (TPSA) is 21.6 Å². The first kappa shape index (κ1) is 15.0. The summed E-state index contributed by atoms with van der Waals surface area (Å²) < 4.78 is 0. The highest BCUT2D eigenvalue weighted by Crippen LogP contribution is 2.22. The molecule has 0 N–H and O–H groups in total. The lowest BCUT2D eigenvalue weighted by Gasteiger charge is -2.06. The number of hydrogen-bond donors (Lipinski definition) is 0. The van der Waals surface area contributed by atoms with Crippen molar-refractivity contribution in [1.82, 2.24) is 0 Å². The summed E-state index contributed by atoms with van der Waals surface area (Å²) in [6, 6.07) is 28.4. The van der Waals surface area contributed by atoms with Crippen LogP contribution in [-0.2, 0) is 0 Å². The van der Waals surface area contributed by atoms with Crippen LogP contribution in [0.25, 0.3) is 11.1 Å². The summed E-state index contributed by atoms with van der Waals surface area (Å²) in [6.07, 6.45) is 0.826. The number of hydrogen-bond acceptors (Lipinski definition) is 2. The van der Waals surface area contributed by atoms with E-state index < -0.39 is 0 Å². The third-order valence-corrected chi connectivity index (χ3v) is 3.66. The second-order valence-corrected chi connectivity index (χ2v) is 5.24. The monoisotopic (exact) mass is 301 g/mol. The van der Waals surface area contributed by atoms with Crippen molar-refractivity contribution in [3.05, 3.63) is 90.5 Å². The zero-order chi connectivity index (χ0) is 15.9. The van der Waals surface area contributed by atoms with Crippen molar-refractivity contribution < 1.29 is 4.84 Å². The number of nitrogens with zero attached hydrogens (tertiary/aromatic N) is 1. The molecular formula is C21H19NO. The summed E-state index contributed by atoms with van der Waals surface area (Å²) in [6.45, 7) is 2.08. The Morgan fingerprint density at radius 2 is 1.30 bits per heavy atom. The van der Waals surface area contributed by atoms with Gasteiger partial charge in [0, 0.05) is 0 Å². The van der Waals surface area contributed by atoms with Gasteiger partial charge < -0.3 is 4.84 Å². The van der Waals surface area contributed by atoms with Gasteiger partial charge in [0.05, 0.1) is 5.71 Å². The minimum Gasteiger partial charge on any atom is -0.357 e. The predicted molar refractivity (Wildman–Crippen MR) is 95.8 cm³/mol. The molecule has 0 atom stereocenters. The van der Waals surface area contributed by atoms with Crippen molar-refractivity contribution in [2.75, 3.05) is 0 Å². The van der Waals surface area contributed by atoms with E-state index in [-0.39, 0.29) is 0 Å². The minimum atomic E-state index is 0.742. The first-order valence-electron chi connectivity index (χ1n) is 7.81. The highest BCUT2D eigenvalue weighted by molar-refractivity contribution is 6.00. The Hall–Kier alpha value is -2.87. The average Bonchev–Trinajstić information content (AvgIpc) is 2.64. The largest absolute Gasteiger partial charge is 0.357 e. The minimum absolute atomic E-state index is 0.742. The van der Waals surface area contributed by atoms with Crippen molar-refractivity contribution in [3.8, 4) is 16.9 Å². The van der Waals surface area contributed by atoms with Gasteiger partial charge in [-0.1, -0.05) is 84.9 Å². The SMILES string of the molecule is CC/C(=N/Oc1ccc(-c2ccccc2)cc1)c1ccccc1. The maximum atomic E-state index is 5.59. The third kappa shape index (κ3) is 3.86. The maximum absolute atomic E-state index is 5.59. The molecule has 0 saturated carbocycles. The van der Waals surface area contributed by atoms with Gasteiger partial charge in [0.15, 0.2) is 5.75 Å². The fourth-order valence-corrected chi connectivity index (χ4v) is 2.40. The highest BCUT2D eigenvalue weighted by Gasteiger charge is 2.02. The van der Waals surface area contributed by atoms with Gasteiger partial charge in [-0.15, -0.1) is 0 Å². The van der Waals surface area contributed by atoms with E-state index in [9.17, 15) is 0 Å². The molecule has 3 aromatic carbocycles. The van der Waals surface area contributed by atoms with Gasteiger partial charge in [0.2, 0.25) is 0 Å². The fraction of sp³-hybridized carbons (Fsp3) is 0.0952. The summed E-state index contributed by atoms with van der Waals surface area (Å²) in [5, 5.41) is 4.30. The second kappa shape index (κ2) is 7.41. The van der Waals surface area contributed by atoms with E-state index in [0.717, 1.165) is 23.4 Å². The highest BCUT2D eigenvalue weighted by atomic mass is 16.6. The molecule has 0 spiro atoms. The predicted octanol–water partition coefficient (Wildman–Crippen LogP) is 5.55. The molecule has 3 aromatic rings. The van der Waals surface area contributed by atoms with Crippen LogP contribution in [0.3, 0.4) is 0 Å². The lowest BCUT2D eigenvalue weighted by Crippen LogP contribution is -2.01. The molecule has 0 aliphatic carbocycles. The lowest BCUT2D eigenvalue weighted by atomic mass is 10.1. The Kier molecular flexibility index (Phi) is 4.85. The summed E-state index contributed by atoms with van der Waals surface area (Å²) in [5.41, 5.74) is 4.40. The van der Waals surface area contributed by atoms with E-state index in [2.05, 4.69) is 24.2 Å². The molecule has 0 aromatic heterocycles. The summed E-state index contributed by atoms with van der Waals surface area (Å²) in [4.78, 5) is 5.59. The van der Waals surface area contributed by atoms with Gasteiger partial charge in [-0.3, -0.25) is 0 Å². The van der Waals surface area contributed by atoms with Crippen molar-refractivity contribution in [2.24, 2.45) is 5.16 Å². The smallest absolute Gasteiger partial charge is 0.158 e. The van der Waals surface area contributed by atoms with E-state index in [1.807, 2.05) is 72.8 Å². The quantitative estimate of drug-likeness (QED) is 0.447. The Labute approximate surface area is 137 Å². The Morgan fingerprint density at radius 1 is 0.739 bits per heavy atom. The Bertz CT molecular complexity index is 762. The van der Waals surface area contributed by atoms with Crippen LogP contribution in [0.4, 0.5) is 0 Å². The van der Waals surface area contributed by atoms with E-state index >= 15 is 0 Å². The molecule has 2 nitrogen and oxygen atoms in total. The van der Waals surface area contributed by atoms with Crippen molar-refractivity contribution in [2.45, 2.75) is 13.3 Å². The number of benzene rings is 3. The number of rotatable bonds is 5. The molecular weight excluding hydrogens is 282 g/mol. The van der Waals surface area contributed by atoms with Crippen LogP contribution in [0.5, 0.6) is 5.75 Å². The van der Waals surface area contributed by atoms with Gasteiger partial charge in [-0.25, -0.2) is 0 Å². The molecule has 0 unspecified atom stereocenters. The van der Waals surface area contributed by atoms with E-state index in [1.54, 1.807) is 0 Å². The maximum Gasteiger partial charge on any atom is 0.158 e. The molecule has 0 bridgehead atoms. The molecule has 0 saturated heterocycles. The molecule has 3 rings (SSSR count). The molecule has 0 aliphatic rings. The van der Waals surface area contributed by atoms with Crippen LogP contribution >= 0.6 is 0 Å². The van der Waals surface area contributed by atoms with Crippen LogP contribution in [0.1, 0.15) is 18.9 Å². The summed E-state index contributed by atoms with van der Waals surface area (Å²) >= 11 is 0. The van der Waals surface area contributed by atoms with Crippen LogP contribution in [0.2, 0.25) is 0 Å². The second-order valence-electron chi connectivity index (χ2n) is 5.24. The zero-order valence-electron chi connectivity index (χ0n) is 13.1. The van der Waals surface area contributed by atoms with Crippen LogP contribution in [0, 0.1) is 0 Å². The number of oxime groups is 1. The Morgan fingerprint density at radius 3 is 1.91 bits per heavy atom. The van der Waals surface area contributed by atoms with Gasteiger partial charge in [-0.05, 0) is 35.2 Å². The van der Waals surface area contributed by atoms with E-state index in [4.69, 9.17) is 4.84 Å². The van der Waals surface area contributed by atoms with Gasteiger partial charge in [-0.2, -0.15) is 0 Å². The normalized spacial score (nSPS) is 11.3. The van der Waals surface area contributed by atoms with Crippen molar-refractivity contribution >= 4 is 5.71 Å². The first-order chi connectivity index (χ1) is 11.4. The van der Waals surface area contributed by atoms with Crippen LogP contribution in [-0.4, -0.2) is 5.71 Å². The molecule has 114 valence electrons. The molecule has 0 heterocycles. The van der Waals surface area contributed by atoms with E-state index in [0.29, 0.717) is 0 Å². The van der Waals surface area contributed by atoms with Crippen molar-refractivity contribution in [3.63, 3.8) is 0 Å². The first-order valence-corrected chi connectivity index (χ1v) is 7.81. The molecule has 0 amide bonds. The molecule has 23 heavy (non-hydrogen) atoms. The molecule has 2 heteroatoms. The molecule has 0 fully saturated rings. The molecule has 0 aliphatic heterocycles. The fourth-order valence-electron chi connectivity index (χ4n) is 2.40. The summed E-state index contributed by atoms with van der Waals surface area (Å²) in [5.74, 6) is 0.742. The average molecular weight is 301 g/mol. The van der Waals surface area contributed by atoms with Gasteiger partial charge >= 0.3 is 0 Å². The third-order valence-electron chi connectivity index (χ3n) is 3.66.